The number of thioether (sulfide) groups is 2. The van der Waals surface area contributed by atoms with Crippen molar-refractivity contribution in [3.63, 3.8) is 0 Å². The molecule has 0 radical (unpaired) electrons. The number of ether oxygens (including phenoxy) is 3. The molecule has 4 aromatic rings. The SMILES string of the molecule is COCC1(C)C(O)[C@@H](COP(=O)(N[C@@H](C)C(=O)OC(C)C)Oc2ccccc2)O[C@H]1n1ccc(NC(=O)CC(C)(C)CC[C@H](CCSCc2ccc(C(F)(F)F)cc2)SCc2ccc(C(F)(F)F)cc2)nc1=O. The Balaban J connectivity index is 1.21. The molecule has 0 aliphatic carbocycles. The van der Waals surface area contributed by atoms with Gasteiger partial charge in [0.2, 0.25) is 5.91 Å². The van der Waals surface area contributed by atoms with E-state index in [1.165, 1.54) is 62.7 Å². The van der Waals surface area contributed by atoms with Crippen molar-refractivity contribution in [1.29, 1.82) is 0 Å². The van der Waals surface area contributed by atoms with Gasteiger partial charge in [0.15, 0.2) is 0 Å². The van der Waals surface area contributed by atoms with Crippen LogP contribution in [-0.2, 0) is 56.7 Å². The lowest BCUT2D eigenvalue weighted by Gasteiger charge is -2.32. The molecule has 5 rings (SSSR count). The van der Waals surface area contributed by atoms with Crippen LogP contribution in [0.5, 0.6) is 5.75 Å². The summed E-state index contributed by atoms with van der Waals surface area (Å²) in [5.74, 6) is 0.573. The van der Waals surface area contributed by atoms with E-state index in [1.807, 2.05) is 13.8 Å². The number of methoxy groups -OCH3 is 1. The Bertz CT molecular complexity index is 2520. The van der Waals surface area contributed by atoms with Gasteiger partial charge in [-0.05, 0) is 105 Å². The molecule has 1 fully saturated rings. The molecule has 73 heavy (non-hydrogen) atoms. The van der Waals surface area contributed by atoms with Crippen LogP contribution >= 0.6 is 31.3 Å². The van der Waals surface area contributed by atoms with Crippen LogP contribution in [0.4, 0.5) is 32.2 Å². The number of hydrogen-bond acceptors (Lipinski definition) is 13. The molecule has 2 heterocycles. The van der Waals surface area contributed by atoms with E-state index < -0.39 is 96.8 Å². The molecule has 1 aliphatic heterocycles. The third-order valence-corrected chi connectivity index (χ3v) is 16.0. The lowest BCUT2D eigenvalue weighted by Crippen LogP contribution is -2.44. The second-order valence-corrected chi connectivity index (χ2v) is 23.1. The van der Waals surface area contributed by atoms with Gasteiger partial charge >= 0.3 is 31.8 Å². The van der Waals surface area contributed by atoms with Crippen molar-refractivity contribution in [2.75, 3.05) is 31.4 Å². The molecule has 3 N–H and O–H groups in total. The Labute approximate surface area is 429 Å². The van der Waals surface area contributed by atoms with Gasteiger partial charge in [0.25, 0.3) is 0 Å². The monoisotopic (exact) mass is 1090 g/mol. The van der Waals surface area contributed by atoms with Crippen molar-refractivity contribution >= 4 is 49.0 Å². The number of anilines is 1. The Kier molecular flexibility index (Phi) is 21.1. The predicted octanol–water partition coefficient (Wildman–Crippen LogP) is 11.1. The van der Waals surface area contributed by atoms with Gasteiger partial charge in [0, 0.05) is 36.5 Å². The molecule has 3 unspecified atom stereocenters. The molecule has 1 amide bonds. The zero-order valence-corrected chi connectivity index (χ0v) is 44.1. The van der Waals surface area contributed by atoms with Crippen molar-refractivity contribution in [3.8, 4) is 5.75 Å². The molecule has 7 atom stereocenters. The maximum atomic E-state index is 14.2. The number of para-hydroxylation sites is 1. The summed E-state index contributed by atoms with van der Waals surface area (Å²) in [7, 11) is -2.97. The summed E-state index contributed by atoms with van der Waals surface area (Å²) in [6.07, 6.45) is -9.83. The third kappa shape index (κ3) is 17.9. The van der Waals surface area contributed by atoms with E-state index in [2.05, 4.69) is 15.4 Å². The first-order valence-electron chi connectivity index (χ1n) is 23.4. The molecule has 1 aliphatic rings. The van der Waals surface area contributed by atoms with Crippen LogP contribution in [0.3, 0.4) is 0 Å². The third-order valence-electron chi connectivity index (χ3n) is 11.8. The minimum atomic E-state index is -4.46. The number of esters is 1. The smallest absolute Gasteiger partial charge is 0.459 e. The number of carbonyl (C=O) groups excluding carboxylic acids is 2. The van der Waals surface area contributed by atoms with Gasteiger partial charge in [-0.2, -0.15) is 59.9 Å². The number of rotatable bonds is 26. The van der Waals surface area contributed by atoms with Gasteiger partial charge in [-0.3, -0.25) is 18.7 Å². The number of aliphatic hydroxyl groups excluding tert-OH is 1. The van der Waals surface area contributed by atoms with E-state index in [0.717, 1.165) is 34.4 Å². The maximum Gasteiger partial charge on any atom is 0.459 e. The Morgan fingerprint density at radius 2 is 1.51 bits per heavy atom. The van der Waals surface area contributed by atoms with Gasteiger partial charge in [-0.15, -0.1) is 0 Å². The molecular weight excluding hydrogens is 1030 g/mol. The fraction of sp³-hybridized carbons (Fsp3) is 0.520. The van der Waals surface area contributed by atoms with Crippen LogP contribution in [-0.4, -0.2) is 82.2 Å². The number of halogens is 6. The highest BCUT2D eigenvalue weighted by Gasteiger charge is 2.55. The highest BCUT2D eigenvalue weighted by Crippen LogP contribution is 2.49. The first kappa shape index (κ1) is 59.5. The van der Waals surface area contributed by atoms with Gasteiger partial charge in [-0.25, -0.2) is 9.36 Å². The molecule has 14 nitrogen and oxygen atoms in total. The van der Waals surface area contributed by atoms with E-state index in [-0.39, 0.29) is 29.8 Å². The molecule has 0 spiro atoms. The highest BCUT2D eigenvalue weighted by molar-refractivity contribution is 7.99. The quantitative estimate of drug-likeness (QED) is 0.0234. The molecule has 0 saturated carbocycles. The standard InChI is InChI=1S/C50H63F6N4O10PS2/c1-32(2)68-44(63)33(3)59-71(65,70-38-11-9-8-10-12-38)67-28-40-43(62)48(6,31-66-7)45(69-40)60-25-22-41(58-46(60)64)57-42(61)27-47(4,5)24-21-39(73-30-35-15-19-37(20-16-35)50(54,55)56)23-26-72-29-34-13-17-36(18-14-34)49(51,52)53/h8-20,22,25,32-33,39-40,43,45,62H,21,23-24,26-31H2,1-7H3,(H,59,65)(H,57,58,61,64)/t33-,39+,40+,43?,45+,48?,71?/m0/s1. The van der Waals surface area contributed by atoms with Crippen LogP contribution < -0.4 is 20.6 Å². The number of aliphatic hydroxyl groups is 1. The summed E-state index contributed by atoms with van der Waals surface area (Å²) < 4.78 is 123. The van der Waals surface area contributed by atoms with E-state index in [9.17, 15) is 50.4 Å². The highest BCUT2D eigenvalue weighted by atomic mass is 32.2. The summed E-state index contributed by atoms with van der Waals surface area (Å²) >= 11 is 3.14. The number of aromatic nitrogens is 2. The van der Waals surface area contributed by atoms with Crippen molar-refractivity contribution < 1.29 is 68.9 Å². The Morgan fingerprint density at radius 1 is 0.904 bits per heavy atom. The van der Waals surface area contributed by atoms with Crippen molar-refractivity contribution in [2.45, 2.75) is 127 Å². The van der Waals surface area contributed by atoms with E-state index in [1.54, 1.807) is 62.5 Å². The number of hydrogen-bond donors (Lipinski definition) is 3. The number of carbonyl (C=O) groups is 2. The average Bonchev–Trinajstić information content (AvgIpc) is 3.55. The lowest BCUT2D eigenvalue weighted by atomic mass is 9.83. The van der Waals surface area contributed by atoms with Crippen molar-refractivity contribution in [2.24, 2.45) is 10.8 Å². The van der Waals surface area contributed by atoms with E-state index >= 15 is 0 Å². The van der Waals surface area contributed by atoms with E-state index in [0.29, 0.717) is 42.1 Å². The second kappa shape index (κ2) is 25.9. The molecular formula is C50H63F6N4O10PS2. The summed E-state index contributed by atoms with van der Waals surface area (Å²) in [4.78, 5) is 43.9. The normalized spacial score (nSPS) is 20.1. The molecule has 23 heteroatoms. The van der Waals surface area contributed by atoms with Crippen LogP contribution in [0.1, 0.15) is 95.7 Å². The fourth-order valence-corrected chi connectivity index (χ4v) is 11.8. The number of benzene rings is 3. The molecule has 3 aromatic carbocycles. The van der Waals surface area contributed by atoms with E-state index in [4.69, 9.17) is 23.3 Å². The largest absolute Gasteiger partial charge is 0.462 e. The Morgan fingerprint density at radius 3 is 2.07 bits per heavy atom. The second-order valence-electron chi connectivity index (χ2n) is 19.0. The zero-order chi connectivity index (χ0) is 53.8. The maximum absolute atomic E-state index is 14.2. The Hall–Kier alpha value is -4.41. The summed E-state index contributed by atoms with van der Waals surface area (Å²) in [6, 6.07) is 18.3. The molecule has 0 bridgehead atoms. The molecule has 1 aromatic heterocycles. The topological polar surface area (TPSA) is 177 Å². The summed E-state index contributed by atoms with van der Waals surface area (Å²) in [5.41, 5.74) is -2.71. The zero-order valence-electron chi connectivity index (χ0n) is 41.5. The number of alkyl halides is 6. The van der Waals surface area contributed by atoms with Gasteiger partial charge in [0.05, 0.1) is 42.0 Å². The number of amides is 1. The van der Waals surface area contributed by atoms with Crippen LogP contribution in [0, 0.1) is 10.8 Å². The molecule has 402 valence electrons. The van der Waals surface area contributed by atoms with Gasteiger partial charge in [0.1, 0.15) is 29.9 Å². The molecule has 1 saturated heterocycles. The fourth-order valence-electron chi connectivity index (χ4n) is 7.89. The number of nitrogens with zero attached hydrogens (tertiary/aromatic N) is 2. The summed E-state index contributed by atoms with van der Waals surface area (Å²) in [6.45, 7) is 9.56. The minimum absolute atomic E-state index is 0.0260. The van der Waals surface area contributed by atoms with Crippen LogP contribution in [0.15, 0.2) is 95.9 Å². The van der Waals surface area contributed by atoms with Crippen LogP contribution in [0.25, 0.3) is 0 Å². The first-order chi connectivity index (χ1) is 34.2. The lowest BCUT2D eigenvalue weighted by molar-refractivity contribution is -0.149. The predicted molar refractivity (Wildman–Crippen MR) is 268 cm³/mol. The van der Waals surface area contributed by atoms with Crippen LogP contribution in [0.2, 0.25) is 0 Å². The average molecular weight is 1090 g/mol. The summed E-state index contributed by atoms with van der Waals surface area (Å²) in [5, 5.41) is 17.0. The van der Waals surface area contributed by atoms with Crippen molar-refractivity contribution in [3.05, 3.63) is 124 Å². The van der Waals surface area contributed by atoms with Crippen molar-refractivity contribution in [1.82, 2.24) is 14.6 Å². The number of nitrogens with one attached hydrogen (secondary N) is 2. The first-order valence-corrected chi connectivity index (χ1v) is 27.2. The van der Waals surface area contributed by atoms with Gasteiger partial charge < -0.3 is 29.2 Å². The minimum Gasteiger partial charge on any atom is -0.462 e. The van der Waals surface area contributed by atoms with Gasteiger partial charge in [-0.1, -0.05) is 63.2 Å².